The highest BCUT2D eigenvalue weighted by molar-refractivity contribution is 8.18. The van der Waals surface area contributed by atoms with Crippen LogP contribution in [-0.2, 0) is 4.79 Å². The van der Waals surface area contributed by atoms with E-state index in [-0.39, 0.29) is 5.91 Å². The van der Waals surface area contributed by atoms with E-state index in [1.165, 1.54) is 18.0 Å². The van der Waals surface area contributed by atoms with Crippen LogP contribution in [0.4, 0.5) is 0 Å². The Morgan fingerprint density at radius 1 is 0.931 bits per heavy atom. The van der Waals surface area contributed by atoms with Crippen molar-refractivity contribution >= 4 is 56.7 Å². The number of thioether (sulfide) groups is 1. The van der Waals surface area contributed by atoms with Gasteiger partial charge in [0.15, 0.2) is 5.17 Å². The van der Waals surface area contributed by atoms with E-state index >= 15 is 0 Å². The summed E-state index contributed by atoms with van der Waals surface area (Å²) in [6, 6.07) is 22.1. The zero-order chi connectivity index (χ0) is 19.6. The van der Waals surface area contributed by atoms with E-state index in [4.69, 9.17) is 4.42 Å². The van der Waals surface area contributed by atoms with Crippen molar-refractivity contribution in [3.05, 3.63) is 89.2 Å². The van der Waals surface area contributed by atoms with Crippen molar-refractivity contribution in [1.82, 2.24) is 5.32 Å². The van der Waals surface area contributed by atoms with E-state index in [0.29, 0.717) is 15.8 Å². The Hall–Kier alpha value is -3.64. The molecular weight excluding hydrogens is 382 g/mol. The lowest BCUT2D eigenvalue weighted by atomic mass is 9.96. The molecule has 3 aromatic carbocycles. The maximum Gasteiger partial charge on any atom is 0.264 e. The van der Waals surface area contributed by atoms with E-state index in [1.54, 1.807) is 18.4 Å². The standard InChI is InChI=1S/C23H15N3O2S/c27-22-21(29-23(25-22)26-24-14-17-8-5-11-28-17)13-20-18-9-3-1-6-15(18)12-16-7-2-4-10-19(16)20/h1-14H,(H,25,26,27). The number of fused-ring (bicyclic) bond motifs is 2. The Kier molecular flexibility index (Phi) is 4.46. The van der Waals surface area contributed by atoms with Crippen molar-refractivity contribution in [3.8, 4) is 0 Å². The summed E-state index contributed by atoms with van der Waals surface area (Å²) in [5, 5.41) is 15.7. The molecule has 1 aromatic heterocycles. The summed E-state index contributed by atoms with van der Waals surface area (Å²) in [7, 11) is 0. The van der Waals surface area contributed by atoms with Crippen molar-refractivity contribution < 1.29 is 9.21 Å². The zero-order valence-corrected chi connectivity index (χ0v) is 16.0. The first-order chi connectivity index (χ1) is 14.3. The van der Waals surface area contributed by atoms with Crippen molar-refractivity contribution in [3.63, 3.8) is 0 Å². The van der Waals surface area contributed by atoms with Gasteiger partial charge in [-0.2, -0.15) is 5.10 Å². The van der Waals surface area contributed by atoms with Gasteiger partial charge in [0.25, 0.3) is 5.91 Å². The Morgan fingerprint density at radius 2 is 1.66 bits per heavy atom. The molecule has 1 N–H and O–H groups in total. The number of amidine groups is 1. The third-order valence-corrected chi connectivity index (χ3v) is 5.52. The monoisotopic (exact) mass is 397 g/mol. The van der Waals surface area contributed by atoms with Crippen molar-refractivity contribution in [2.75, 3.05) is 0 Å². The van der Waals surface area contributed by atoms with Gasteiger partial charge in [0.2, 0.25) is 0 Å². The number of nitrogens with one attached hydrogen (secondary N) is 1. The van der Waals surface area contributed by atoms with Crippen LogP contribution in [0.2, 0.25) is 0 Å². The van der Waals surface area contributed by atoms with Crippen molar-refractivity contribution in [2.24, 2.45) is 10.2 Å². The summed E-state index contributed by atoms with van der Waals surface area (Å²) in [5.74, 6) is 0.417. The molecule has 0 bridgehead atoms. The molecule has 1 fully saturated rings. The summed E-state index contributed by atoms with van der Waals surface area (Å²) in [5.41, 5.74) is 1.02. The maximum absolute atomic E-state index is 12.5. The Bertz CT molecular complexity index is 1270. The van der Waals surface area contributed by atoms with E-state index in [9.17, 15) is 4.79 Å². The number of nitrogens with zero attached hydrogens (tertiary/aromatic N) is 2. The van der Waals surface area contributed by atoms with E-state index in [0.717, 1.165) is 27.1 Å². The fourth-order valence-electron chi connectivity index (χ4n) is 3.31. The van der Waals surface area contributed by atoms with Crippen LogP contribution in [0, 0.1) is 0 Å². The largest absolute Gasteiger partial charge is 0.463 e. The minimum absolute atomic E-state index is 0.182. The molecule has 5 nitrogen and oxygen atoms in total. The van der Waals surface area contributed by atoms with Crippen LogP contribution >= 0.6 is 11.8 Å². The molecule has 2 heterocycles. The van der Waals surface area contributed by atoms with Gasteiger partial charge in [0, 0.05) is 0 Å². The molecule has 5 rings (SSSR count). The Balaban J connectivity index is 1.54. The molecule has 0 unspecified atom stereocenters. The van der Waals surface area contributed by atoms with Crippen LogP contribution in [0.3, 0.4) is 0 Å². The van der Waals surface area contributed by atoms with Crippen molar-refractivity contribution in [1.29, 1.82) is 0 Å². The predicted octanol–water partition coefficient (Wildman–Crippen LogP) is 5.18. The number of carbonyl (C=O) groups excluding carboxylic acids is 1. The minimum atomic E-state index is -0.182. The first-order valence-electron chi connectivity index (χ1n) is 9.04. The number of hydrogen-bond acceptors (Lipinski definition) is 5. The number of carbonyl (C=O) groups is 1. The zero-order valence-electron chi connectivity index (χ0n) is 15.2. The molecule has 1 amide bonds. The molecular formula is C23H15N3O2S. The lowest BCUT2D eigenvalue weighted by Gasteiger charge is -2.08. The fourth-order valence-corrected chi connectivity index (χ4v) is 4.07. The second-order valence-corrected chi connectivity index (χ2v) is 7.49. The molecule has 0 atom stereocenters. The van der Waals surface area contributed by atoms with E-state index in [1.807, 2.05) is 30.3 Å². The van der Waals surface area contributed by atoms with Crippen LogP contribution in [0.5, 0.6) is 0 Å². The molecule has 29 heavy (non-hydrogen) atoms. The first kappa shape index (κ1) is 17.5. The third-order valence-electron chi connectivity index (χ3n) is 4.62. The van der Waals surface area contributed by atoms with Crippen LogP contribution < -0.4 is 5.32 Å². The molecule has 0 aliphatic carbocycles. The van der Waals surface area contributed by atoms with Crippen molar-refractivity contribution in [2.45, 2.75) is 0 Å². The number of amides is 1. The second kappa shape index (κ2) is 7.41. The highest BCUT2D eigenvalue weighted by Gasteiger charge is 2.24. The van der Waals surface area contributed by atoms with Crippen LogP contribution in [0.15, 0.2) is 92.5 Å². The molecule has 1 saturated heterocycles. The average Bonchev–Trinajstić information content (AvgIpc) is 3.38. The van der Waals surface area contributed by atoms with Crippen LogP contribution in [0.1, 0.15) is 11.3 Å². The lowest BCUT2D eigenvalue weighted by molar-refractivity contribution is -0.115. The molecule has 1 aliphatic rings. The smallest absolute Gasteiger partial charge is 0.264 e. The third kappa shape index (κ3) is 3.46. The minimum Gasteiger partial charge on any atom is -0.463 e. The van der Waals surface area contributed by atoms with Gasteiger partial charge in [-0.1, -0.05) is 48.5 Å². The molecule has 0 spiro atoms. The van der Waals surface area contributed by atoms with Gasteiger partial charge < -0.3 is 4.42 Å². The van der Waals surface area contributed by atoms with E-state index in [2.05, 4.69) is 45.9 Å². The molecule has 0 saturated carbocycles. The van der Waals surface area contributed by atoms with Gasteiger partial charge in [0.1, 0.15) is 5.76 Å². The van der Waals surface area contributed by atoms with Gasteiger partial charge >= 0.3 is 0 Å². The molecule has 6 heteroatoms. The first-order valence-corrected chi connectivity index (χ1v) is 9.85. The van der Waals surface area contributed by atoms with Crippen LogP contribution in [-0.4, -0.2) is 17.3 Å². The molecule has 140 valence electrons. The molecule has 4 aromatic rings. The number of benzene rings is 3. The number of rotatable bonds is 3. The quantitative estimate of drug-likeness (QED) is 0.224. The van der Waals surface area contributed by atoms with Gasteiger partial charge in [-0.15, -0.1) is 5.10 Å². The highest BCUT2D eigenvalue weighted by Crippen LogP contribution is 2.33. The highest BCUT2D eigenvalue weighted by atomic mass is 32.2. The molecule has 1 aliphatic heterocycles. The SMILES string of the molecule is O=C1NC(=NN=Cc2ccco2)SC1=Cc1c2ccccc2cc2ccccc12. The Morgan fingerprint density at radius 3 is 2.34 bits per heavy atom. The second-order valence-electron chi connectivity index (χ2n) is 6.46. The van der Waals surface area contributed by atoms with Gasteiger partial charge in [0.05, 0.1) is 17.4 Å². The topological polar surface area (TPSA) is 67.0 Å². The van der Waals surface area contributed by atoms with Crippen LogP contribution in [0.25, 0.3) is 27.6 Å². The Labute approximate surface area is 170 Å². The summed E-state index contributed by atoms with van der Waals surface area (Å²) in [4.78, 5) is 13.1. The number of furan rings is 1. The van der Waals surface area contributed by atoms with Gasteiger partial charge in [-0.05, 0) is 63.1 Å². The predicted molar refractivity (Wildman–Crippen MR) is 119 cm³/mol. The summed E-state index contributed by atoms with van der Waals surface area (Å²) in [6.45, 7) is 0. The molecule has 0 radical (unpaired) electrons. The van der Waals surface area contributed by atoms with Gasteiger partial charge in [-0.3, -0.25) is 10.1 Å². The normalized spacial score (nSPS) is 17.2. The average molecular weight is 397 g/mol. The maximum atomic E-state index is 12.5. The van der Waals surface area contributed by atoms with E-state index < -0.39 is 0 Å². The summed E-state index contributed by atoms with van der Waals surface area (Å²) in [6.07, 6.45) is 5.00. The lowest BCUT2D eigenvalue weighted by Crippen LogP contribution is -2.19. The summed E-state index contributed by atoms with van der Waals surface area (Å²) < 4.78 is 5.18. The fraction of sp³-hybridized carbons (Fsp3) is 0. The van der Waals surface area contributed by atoms with Gasteiger partial charge in [-0.25, -0.2) is 0 Å². The number of hydrogen-bond donors (Lipinski definition) is 1. The summed E-state index contributed by atoms with van der Waals surface area (Å²) >= 11 is 1.27.